The van der Waals surface area contributed by atoms with Crippen LogP contribution in [-0.2, 0) is 14.3 Å². The highest BCUT2D eigenvalue weighted by Gasteiger charge is 2.39. The zero-order valence-electron chi connectivity index (χ0n) is 15.7. The highest BCUT2D eigenvalue weighted by Crippen LogP contribution is 2.25. The number of carbonyl (C=O) groups excluding carboxylic acids is 1. The van der Waals surface area contributed by atoms with E-state index in [9.17, 15) is 15.0 Å². The summed E-state index contributed by atoms with van der Waals surface area (Å²) < 4.78 is 9.72. The molecule has 0 amide bonds. The molecule has 6 heteroatoms. The summed E-state index contributed by atoms with van der Waals surface area (Å²) in [7, 11) is 1.29. The van der Waals surface area contributed by atoms with Crippen LogP contribution in [0.25, 0.3) is 0 Å². The number of aliphatic hydroxyl groups is 2. The van der Waals surface area contributed by atoms with E-state index in [1.807, 2.05) is 0 Å². The Morgan fingerprint density at radius 2 is 1.64 bits per heavy atom. The number of rotatable bonds is 15. The number of thioether (sulfide) groups is 1. The molecule has 0 aromatic heterocycles. The molecule has 2 atom stereocenters. The van der Waals surface area contributed by atoms with Crippen LogP contribution in [0.2, 0.25) is 0 Å². The first-order valence-electron chi connectivity index (χ1n) is 9.55. The molecule has 0 aliphatic carbocycles. The maximum atomic E-state index is 11.4. The number of hydrogen-bond acceptors (Lipinski definition) is 6. The second kappa shape index (κ2) is 13.3. The number of unbranched alkanes of at least 4 members (excludes halogenated alkanes) is 9. The molecule has 0 fully saturated rings. The third-order valence-electron chi connectivity index (χ3n) is 4.41. The molecule has 0 saturated carbocycles. The van der Waals surface area contributed by atoms with E-state index >= 15 is 0 Å². The lowest BCUT2D eigenvalue weighted by Gasteiger charge is -2.16. The standard InChI is InChI=1S/C19H34O5S/c1-3-4-5-6-7-8-9-10-11-12-13-25-14-15(20)17-16(21)18(23-2)19(22)24-17/h15,17,20-21H,3-14H2,1-2H3/t15-,17+/m0/s1. The van der Waals surface area contributed by atoms with Crippen LogP contribution in [0.5, 0.6) is 0 Å². The average Bonchev–Trinajstić information content (AvgIpc) is 2.89. The van der Waals surface area contributed by atoms with Crippen molar-refractivity contribution >= 4 is 17.7 Å². The third-order valence-corrected chi connectivity index (χ3v) is 5.56. The molecule has 0 unspecified atom stereocenters. The van der Waals surface area contributed by atoms with E-state index in [4.69, 9.17) is 9.47 Å². The van der Waals surface area contributed by atoms with E-state index in [1.165, 1.54) is 64.9 Å². The van der Waals surface area contributed by atoms with Crippen LogP contribution in [0.1, 0.15) is 71.1 Å². The third kappa shape index (κ3) is 8.36. The van der Waals surface area contributed by atoms with Crippen LogP contribution in [0.15, 0.2) is 11.5 Å². The lowest BCUT2D eigenvalue weighted by Crippen LogP contribution is -2.30. The minimum atomic E-state index is -0.998. The summed E-state index contributed by atoms with van der Waals surface area (Å²) in [5.41, 5.74) is 0. The molecule has 1 aliphatic rings. The van der Waals surface area contributed by atoms with Gasteiger partial charge in [-0.05, 0) is 12.2 Å². The Bertz CT molecular complexity index is 411. The molecule has 5 nitrogen and oxygen atoms in total. The Balaban J connectivity index is 1.98. The minimum absolute atomic E-state index is 0.205. The quantitative estimate of drug-likeness (QED) is 0.328. The van der Waals surface area contributed by atoms with Crippen molar-refractivity contribution in [3.63, 3.8) is 0 Å². The monoisotopic (exact) mass is 374 g/mol. The summed E-state index contributed by atoms with van der Waals surface area (Å²) >= 11 is 1.62. The van der Waals surface area contributed by atoms with E-state index in [-0.39, 0.29) is 11.5 Å². The summed E-state index contributed by atoms with van der Waals surface area (Å²) in [6.07, 6.45) is 11.2. The molecule has 25 heavy (non-hydrogen) atoms. The second-order valence-electron chi connectivity index (χ2n) is 6.57. The van der Waals surface area contributed by atoms with Crippen LogP contribution in [0.4, 0.5) is 0 Å². The molecule has 0 aromatic rings. The van der Waals surface area contributed by atoms with Crippen molar-refractivity contribution in [1.82, 2.24) is 0 Å². The lowest BCUT2D eigenvalue weighted by atomic mass is 10.1. The summed E-state index contributed by atoms with van der Waals surface area (Å²) in [5.74, 6) is 0.165. The first-order valence-corrected chi connectivity index (χ1v) is 10.7. The van der Waals surface area contributed by atoms with Gasteiger partial charge in [-0.15, -0.1) is 0 Å². The zero-order valence-corrected chi connectivity index (χ0v) is 16.5. The first kappa shape index (κ1) is 22.2. The summed E-state index contributed by atoms with van der Waals surface area (Å²) in [5, 5.41) is 19.9. The largest absolute Gasteiger partial charge is 0.505 e. The van der Waals surface area contributed by atoms with Gasteiger partial charge in [0.25, 0.3) is 0 Å². The van der Waals surface area contributed by atoms with Gasteiger partial charge in [0.2, 0.25) is 5.76 Å². The summed E-state index contributed by atoms with van der Waals surface area (Å²) in [6, 6.07) is 0. The summed E-state index contributed by atoms with van der Waals surface area (Å²) in [4.78, 5) is 11.4. The van der Waals surface area contributed by atoms with Gasteiger partial charge in [0.05, 0.1) is 7.11 Å². The number of ether oxygens (including phenoxy) is 2. The molecular weight excluding hydrogens is 340 g/mol. The predicted molar refractivity (Wildman–Crippen MR) is 102 cm³/mol. The minimum Gasteiger partial charge on any atom is -0.505 e. The smallest absolute Gasteiger partial charge is 0.378 e. The van der Waals surface area contributed by atoms with Gasteiger partial charge < -0.3 is 19.7 Å². The molecular formula is C19H34O5S. The molecule has 0 aromatic carbocycles. The van der Waals surface area contributed by atoms with Crippen molar-refractivity contribution in [3.05, 3.63) is 11.5 Å². The number of esters is 1. The van der Waals surface area contributed by atoms with Crippen LogP contribution < -0.4 is 0 Å². The van der Waals surface area contributed by atoms with E-state index < -0.39 is 18.2 Å². The van der Waals surface area contributed by atoms with E-state index in [2.05, 4.69) is 6.92 Å². The van der Waals surface area contributed by atoms with Gasteiger partial charge in [0.1, 0.15) is 6.10 Å². The fourth-order valence-electron chi connectivity index (χ4n) is 2.89. The van der Waals surface area contributed by atoms with Crippen molar-refractivity contribution in [2.45, 2.75) is 83.3 Å². The molecule has 1 heterocycles. The fourth-order valence-corrected chi connectivity index (χ4v) is 3.88. The number of hydrogen-bond donors (Lipinski definition) is 2. The first-order chi connectivity index (χ1) is 12.1. The molecule has 146 valence electrons. The highest BCUT2D eigenvalue weighted by atomic mass is 32.2. The van der Waals surface area contributed by atoms with Gasteiger partial charge in [-0.3, -0.25) is 0 Å². The van der Waals surface area contributed by atoms with Crippen LogP contribution >= 0.6 is 11.8 Å². The van der Waals surface area contributed by atoms with Crippen molar-refractivity contribution in [3.8, 4) is 0 Å². The van der Waals surface area contributed by atoms with Crippen molar-refractivity contribution in [2.75, 3.05) is 18.6 Å². The topological polar surface area (TPSA) is 76.0 Å². The van der Waals surface area contributed by atoms with Gasteiger partial charge in [0, 0.05) is 5.75 Å². The molecule has 0 saturated heterocycles. The number of cyclic esters (lactones) is 1. The van der Waals surface area contributed by atoms with E-state index in [1.54, 1.807) is 11.8 Å². The Labute approximate surface area is 156 Å². The predicted octanol–water partition coefficient (Wildman–Crippen LogP) is 4.34. The van der Waals surface area contributed by atoms with Gasteiger partial charge in [-0.25, -0.2) is 4.79 Å². The second-order valence-corrected chi connectivity index (χ2v) is 7.72. The number of aliphatic hydroxyl groups excluding tert-OH is 2. The van der Waals surface area contributed by atoms with Gasteiger partial charge >= 0.3 is 5.97 Å². The SMILES string of the molecule is CCCCCCCCCCCCSC[C@H](O)[C@H]1OC(=O)C(OC)=C1O. The van der Waals surface area contributed by atoms with Crippen LogP contribution in [-0.4, -0.2) is 47.0 Å². The summed E-state index contributed by atoms with van der Waals surface area (Å²) in [6.45, 7) is 2.24. The normalized spacial score (nSPS) is 18.5. The molecule has 0 radical (unpaired) electrons. The highest BCUT2D eigenvalue weighted by molar-refractivity contribution is 7.99. The Morgan fingerprint density at radius 3 is 2.16 bits per heavy atom. The van der Waals surface area contributed by atoms with Gasteiger partial charge in [-0.1, -0.05) is 64.7 Å². The fraction of sp³-hybridized carbons (Fsp3) is 0.842. The maximum absolute atomic E-state index is 11.4. The van der Waals surface area contributed by atoms with Crippen molar-refractivity contribution in [2.24, 2.45) is 0 Å². The molecule has 2 N–H and O–H groups in total. The van der Waals surface area contributed by atoms with E-state index in [0.29, 0.717) is 5.75 Å². The maximum Gasteiger partial charge on any atom is 0.378 e. The Morgan fingerprint density at radius 1 is 1.08 bits per heavy atom. The lowest BCUT2D eigenvalue weighted by molar-refractivity contribution is -0.146. The average molecular weight is 375 g/mol. The molecule has 1 aliphatic heterocycles. The van der Waals surface area contributed by atoms with Gasteiger partial charge in [0.15, 0.2) is 11.9 Å². The Hall–Kier alpha value is -0.880. The van der Waals surface area contributed by atoms with Gasteiger partial charge in [-0.2, -0.15) is 11.8 Å². The number of carbonyl (C=O) groups is 1. The zero-order chi connectivity index (χ0) is 18.5. The van der Waals surface area contributed by atoms with E-state index in [0.717, 1.165) is 12.2 Å². The van der Waals surface area contributed by atoms with Crippen LogP contribution in [0, 0.1) is 0 Å². The molecule has 1 rings (SSSR count). The van der Waals surface area contributed by atoms with Crippen molar-refractivity contribution < 1.29 is 24.5 Å². The number of methoxy groups -OCH3 is 1. The molecule has 0 bridgehead atoms. The Kier molecular flexibility index (Phi) is 11.8. The van der Waals surface area contributed by atoms with Crippen molar-refractivity contribution in [1.29, 1.82) is 0 Å². The van der Waals surface area contributed by atoms with Crippen LogP contribution in [0.3, 0.4) is 0 Å². The molecule has 0 spiro atoms.